The zero-order chi connectivity index (χ0) is 12.3. The topological polar surface area (TPSA) is 51.8 Å². The zero-order valence-corrected chi connectivity index (χ0v) is 11.0. The second-order valence-corrected chi connectivity index (χ2v) is 5.34. The van der Waals surface area contributed by atoms with Crippen LogP contribution >= 0.6 is 11.3 Å². The molecule has 0 amide bonds. The van der Waals surface area contributed by atoms with E-state index in [0.717, 1.165) is 29.2 Å². The molecule has 2 aromatic heterocycles. The van der Waals surface area contributed by atoms with Gasteiger partial charge in [-0.25, -0.2) is 4.98 Å². The van der Waals surface area contributed by atoms with E-state index in [-0.39, 0.29) is 6.04 Å². The SMILES string of the molecule is Cc1nc(-c2ccccn2)sc1CCC(C)N. The molecule has 0 saturated heterocycles. The fourth-order valence-electron chi connectivity index (χ4n) is 1.62. The molecule has 1 atom stereocenters. The lowest BCUT2D eigenvalue weighted by Crippen LogP contribution is -2.15. The van der Waals surface area contributed by atoms with Crippen LogP contribution in [0.1, 0.15) is 23.9 Å². The lowest BCUT2D eigenvalue weighted by molar-refractivity contribution is 0.668. The average Bonchev–Trinajstić information content (AvgIpc) is 2.69. The zero-order valence-electron chi connectivity index (χ0n) is 10.2. The number of hydrogen-bond acceptors (Lipinski definition) is 4. The fraction of sp³-hybridized carbons (Fsp3) is 0.385. The normalized spacial score (nSPS) is 12.6. The number of aryl methyl sites for hydroxylation is 2. The van der Waals surface area contributed by atoms with Crippen molar-refractivity contribution in [2.24, 2.45) is 5.73 Å². The first-order valence-corrected chi connectivity index (χ1v) is 6.61. The van der Waals surface area contributed by atoms with E-state index in [1.807, 2.05) is 25.1 Å². The van der Waals surface area contributed by atoms with Crippen molar-refractivity contribution in [3.8, 4) is 10.7 Å². The molecule has 2 heterocycles. The molecule has 0 aliphatic carbocycles. The van der Waals surface area contributed by atoms with E-state index in [1.54, 1.807) is 17.5 Å². The van der Waals surface area contributed by atoms with Gasteiger partial charge in [0.1, 0.15) is 5.01 Å². The smallest absolute Gasteiger partial charge is 0.142 e. The summed E-state index contributed by atoms with van der Waals surface area (Å²) in [6, 6.07) is 6.14. The number of pyridine rings is 1. The summed E-state index contributed by atoms with van der Waals surface area (Å²) in [4.78, 5) is 10.2. The van der Waals surface area contributed by atoms with E-state index in [9.17, 15) is 0 Å². The van der Waals surface area contributed by atoms with Crippen molar-refractivity contribution in [1.29, 1.82) is 0 Å². The van der Waals surface area contributed by atoms with Crippen molar-refractivity contribution in [1.82, 2.24) is 9.97 Å². The number of rotatable bonds is 4. The van der Waals surface area contributed by atoms with Gasteiger partial charge in [0.05, 0.1) is 11.4 Å². The highest BCUT2D eigenvalue weighted by molar-refractivity contribution is 7.15. The van der Waals surface area contributed by atoms with Crippen LogP contribution in [-0.2, 0) is 6.42 Å². The highest BCUT2D eigenvalue weighted by atomic mass is 32.1. The third-order valence-corrected chi connectivity index (χ3v) is 3.84. The van der Waals surface area contributed by atoms with Gasteiger partial charge in [-0.1, -0.05) is 6.07 Å². The van der Waals surface area contributed by atoms with Gasteiger partial charge in [-0.2, -0.15) is 0 Å². The summed E-state index contributed by atoms with van der Waals surface area (Å²) < 4.78 is 0. The maximum absolute atomic E-state index is 5.78. The maximum Gasteiger partial charge on any atom is 0.142 e. The van der Waals surface area contributed by atoms with Crippen molar-refractivity contribution in [3.63, 3.8) is 0 Å². The minimum atomic E-state index is 0.245. The Morgan fingerprint density at radius 2 is 2.24 bits per heavy atom. The molecule has 0 aromatic carbocycles. The number of nitrogens with two attached hydrogens (primary N) is 1. The molecule has 0 aliphatic heterocycles. The quantitative estimate of drug-likeness (QED) is 0.904. The van der Waals surface area contributed by atoms with Gasteiger partial charge in [-0.05, 0) is 38.8 Å². The fourth-order valence-corrected chi connectivity index (χ4v) is 2.67. The first-order chi connectivity index (χ1) is 8.16. The molecular weight excluding hydrogens is 230 g/mol. The van der Waals surface area contributed by atoms with Crippen molar-refractivity contribution in [2.75, 3.05) is 0 Å². The van der Waals surface area contributed by atoms with Crippen LogP contribution in [0.4, 0.5) is 0 Å². The molecule has 2 N–H and O–H groups in total. The molecule has 4 heteroatoms. The Kier molecular flexibility index (Phi) is 3.86. The molecule has 0 saturated carbocycles. The average molecular weight is 247 g/mol. The monoisotopic (exact) mass is 247 g/mol. The predicted molar refractivity (Wildman–Crippen MR) is 72.1 cm³/mol. The van der Waals surface area contributed by atoms with E-state index < -0.39 is 0 Å². The minimum absolute atomic E-state index is 0.245. The van der Waals surface area contributed by atoms with Gasteiger partial charge >= 0.3 is 0 Å². The maximum atomic E-state index is 5.78. The van der Waals surface area contributed by atoms with Crippen LogP contribution in [0.25, 0.3) is 10.7 Å². The van der Waals surface area contributed by atoms with Gasteiger partial charge in [0.25, 0.3) is 0 Å². The highest BCUT2D eigenvalue weighted by Crippen LogP contribution is 2.27. The van der Waals surface area contributed by atoms with E-state index in [4.69, 9.17) is 5.73 Å². The van der Waals surface area contributed by atoms with Crippen molar-refractivity contribution < 1.29 is 0 Å². The van der Waals surface area contributed by atoms with Crippen LogP contribution < -0.4 is 5.73 Å². The standard InChI is InChI=1S/C13H17N3S/c1-9(14)6-7-12-10(2)16-13(17-12)11-5-3-4-8-15-11/h3-5,8-9H,6-7,14H2,1-2H3. The van der Waals surface area contributed by atoms with Crippen LogP contribution in [-0.4, -0.2) is 16.0 Å². The van der Waals surface area contributed by atoms with Gasteiger partial charge in [-0.3, -0.25) is 4.98 Å². The summed E-state index contributed by atoms with van der Waals surface area (Å²) in [5, 5.41) is 1.00. The van der Waals surface area contributed by atoms with E-state index >= 15 is 0 Å². The van der Waals surface area contributed by atoms with Gasteiger partial charge in [-0.15, -0.1) is 11.3 Å². The van der Waals surface area contributed by atoms with Crippen molar-refractivity contribution in [3.05, 3.63) is 35.0 Å². The third kappa shape index (κ3) is 3.11. The van der Waals surface area contributed by atoms with Gasteiger partial charge in [0.15, 0.2) is 0 Å². The first-order valence-electron chi connectivity index (χ1n) is 5.80. The molecule has 1 unspecified atom stereocenters. The van der Waals surface area contributed by atoms with Crippen LogP contribution in [0.15, 0.2) is 24.4 Å². The molecular formula is C13H17N3S. The summed E-state index contributed by atoms with van der Waals surface area (Å²) in [5.41, 5.74) is 7.84. The van der Waals surface area contributed by atoms with Gasteiger partial charge in [0, 0.05) is 17.1 Å². The number of hydrogen-bond donors (Lipinski definition) is 1. The second-order valence-electron chi connectivity index (χ2n) is 4.26. The Bertz CT molecular complexity index is 477. The summed E-state index contributed by atoms with van der Waals surface area (Å²) in [7, 11) is 0. The summed E-state index contributed by atoms with van der Waals surface area (Å²) >= 11 is 1.73. The number of thiazole rings is 1. The Hall–Kier alpha value is -1.26. The molecule has 0 fully saturated rings. The van der Waals surface area contributed by atoms with E-state index in [2.05, 4.69) is 16.9 Å². The predicted octanol–water partition coefficient (Wildman–Crippen LogP) is 2.79. The Morgan fingerprint density at radius 3 is 2.88 bits per heavy atom. The number of aromatic nitrogens is 2. The lowest BCUT2D eigenvalue weighted by Gasteiger charge is -2.02. The molecule has 17 heavy (non-hydrogen) atoms. The lowest BCUT2D eigenvalue weighted by atomic mass is 10.1. The molecule has 0 aliphatic rings. The van der Waals surface area contributed by atoms with Gasteiger partial charge < -0.3 is 5.73 Å². The van der Waals surface area contributed by atoms with Crippen LogP contribution in [0, 0.1) is 6.92 Å². The molecule has 0 spiro atoms. The highest BCUT2D eigenvalue weighted by Gasteiger charge is 2.10. The molecule has 2 rings (SSSR count). The van der Waals surface area contributed by atoms with Crippen molar-refractivity contribution in [2.45, 2.75) is 32.7 Å². The molecule has 3 nitrogen and oxygen atoms in total. The summed E-state index contributed by atoms with van der Waals surface area (Å²) in [5.74, 6) is 0. The Labute approximate surface area is 106 Å². The van der Waals surface area contributed by atoms with Crippen molar-refractivity contribution >= 4 is 11.3 Å². The van der Waals surface area contributed by atoms with Crippen LogP contribution in [0.2, 0.25) is 0 Å². The van der Waals surface area contributed by atoms with E-state index in [1.165, 1.54) is 4.88 Å². The molecule has 0 radical (unpaired) electrons. The third-order valence-electron chi connectivity index (χ3n) is 2.60. The Balaban J connectivity index is 2.19. The van der Waals surface area contributed by atoms with E-state index in [0.29, 0.717) is 0 Å². The van der Waals surface area contributed by atoms with Gasteiger partial charge in [0.2, 0.25) is 0 Å². The first kappa shape index (κ1) is 12.2. The second kappa shape index (κ2) is 5.38. The molecule has 90 valence electrons. The molecule has 2 aromatic rings. The summed E-state index contributed by atoms with van der Waals surface area (Å²) in [6.45, 7) is 4.09. The largest absolute Gasteiger partial charge is 0.328 e. The minimum Gasteiger partial charge on any atom is -0.328 e. The number of nitrogens with zero attached hydrogens (tertiary/aromatic N) is 2. The molecule has 0 bridgehead atoms. The van der Waals surface area contributed by atoms with Crippen LogP contribution in [0.5, 0.6) is 0 Å². The Morgan fingerprint density at radius 1 is 1.41 bits per heavy atom. The summed E-state index contributed by atoms with van der Waals surface area (Å²) in [6.07, 6.45) is 3.81. The van der Waals surface area contributed by atoms with Crippen LogP contribution in [0.3, 0.4) is 0 Å².